The summed E-state index contributed by atoms with van der Waals surface area (Å²) in [7, 11) is 4.83. The lowest BCUT2D eigenvalue weighted by molar-refractivity contribution is 0.225. The minimum Gasteiger partial charge on any atom is -0.494 e. The molecule has 102 valence electrons. The van der Waals surface area contributed by atoms with Crippen LogP contribution in [0.5, 0.6) is 5.75 Å². The van der Waals surface area contributed by atoms with E-state index in [0.29, 0.717) is 12.8 Å². The Balaban J connectivity index is 2.50. The first-order valence-electron chi connectivity index (χ1n) is 6.06. The average molecular weight is 266 g/mol. The van der Waals surface area contributed by atoms with Gasteiger partial charge in [-0.3, -0.25) is 0 Å². The van der Waals surface area contributed by atoms with Crippen LogP contribution < -0.4 is 4.74 Å². The molecule has 19 heavy (non-hydrogen) atoms. The second kappa shape index (κ2) is 4.78. The van der Waals surface area contributed by atoms with Gasteiger partial charge in [0.1, 0.15) is 5.82 Å². The van der Waals surface area contributed by atoms with E-state index in [-0.39, 0.29) is 11.3 Å². The Bertz CT molecular complexity index is 533. The van der Waals surface area contributed by atoms with Crippen LogP contribution in [0.25, 0.3) is 0 Å². The van der Waals surface area contributed by atoms with Crippen LogP contribution in [0.15, 0.2) is 12.1 Å². The van der Waals surface area contributed by atoms with Crippen LogP contribution >= 0.6 is 0 Å². The fourth-order valence-corrected chi connectivity index (χ4v) is 2.56. The lowest BCUT2D eigenvalue weighted by Gasteiger charge is -2.29. The van der Waals surface area contributed by atoms with Crippen molar-refractivity contribution in [1.29, 1.82) is 5.26 Å². The van der Waals surface area contributed by atoms with E-state index in [4.69, 9.17) is 4.74 Å². The molecule has 5 heteroatoms. The molecule has 3 nitrogen and oxygen atoms in total. The number of hydrogen-bond acceptors (Lipinski definition) is 3. The van der Waals surface area contributed by atoms with Crippen LogP contribution in [-0.4, -0.2) is 26.1 Å². The zero-order valence-electron chi connectivity index (χ0n) is 11.2. The molecule has 0 saturated heterocycles. The third kappa shape index (κ3) is 2.28. The smallest absolute Gasteiger partial charge is 0.165 e. The van der Waals surface area contributed by atoms with E-state index >= 15 is 0 Å². The van der Waals surface area contributed by atoms with Gasteiger partial charge in [0.05, 0.1) is 24.6 Å². The summed E-state index contributed by atoms with van der Waals surface area (Å²) in [5, 5.41) is 9.28. The molecule has 0 heterocycles. The summed E-state index contributed by atoms with van der Waals surface area (Å²) < 4.78 is 32.7. The number of rotatable bonds is 4. The van der Waals surface area contributed by atoms with Gasteiger partial charge in [0.25, 0.3) is 0 Å². The van der Waals surface area contributed by atoms with Crippen molar-refractivity contribution >= 4 is 0 Å². The molecule has 1 unspecified atom stereocenters. The van der Waals surface area contributed by atoms with Crippen LogP contribution in [0.3, 0.4) is 0 Å². The maximum atomic E-state index is 14.1. The Morgan fingerprint density at radius 2 is 1.95 bits per heavy atom. The Kier molecular flexibility index (Phi) is 3.46. The summed E-state index contributed by atoms with van der Waals surface area (Å²) in [4.78, 5) is 1.76. The second-order valence-electron chi connectivity index (χ2n) is 5.14. The predicted molar refractivity (Wildman–Crippen MR) is 66.6 cm³/mol. The van der Waals surface area contributed by atoms with Gasteiger partial charge in [-0.15, -0.1) is 0 Å². The van der Waals surface area contributed by atoms with Crippen molar-refractivity contribution in [3.8, 4) is 11.8 Å². The van der Waals surface area contributed by atoms with Gasteiger partial charge < -0.3 is 9.64 Å². The Morgan fingerprint density at radius 3 is 2.37 bits per heavy atom. The largest absolute Gasteiger partial charge is 0.494 e. The monoisotopic (exact) mass is 266 g/mol. The van der Waals surface area contributed by atoms with Gasteiger partial charge in [0, 0.05) is 11.6 Å². The van der Waals surface area contributed by atoms with Crippen molar-refractivity contribution in [3.63, 3.8) is 0 Å². The Hall–Kier alpha value is -1.67. The van der Waals surface area contributed by atoms with Crippen molar-refractivity contribution in [2.75, 3.05) is 21.2 Å². The summed E-state index contributed by atoms with van der Waals surface area (Å²) in [6.07, 6.45) is 1.42. The maximum absolute atomic E-state index is 14.1. The van der Waals surface area contributed by atoms with E-state index in [2.05, 4.69) is 6.07 Å². The number of nitrogens with zero attached hydrogens (tertiary/aromatic N) is 2. The molecule has 0 spiro atoms. The van der Waals surface area contributed by atoms with E-state index in [0.717, 1.165) is 12.1 Å². The van der Waals surface area contributed by atoms with E-state index in [9.17, 15) is 14.0 Å². The molecule has 1 aromatic carbocycles. The summed E-state index contributed by atoms with van der Waals surface area (Å²) >= 11 is 0. The van der Waals surface area contributed by atoms with E-state index in [1.54, 1.807) is 19.0 Å². The van der Waals surface area contributed by atoms with Gasteiger partial charge in [0.15, 0.2) is 11.6 Å². The standard InChI is InChI=1S/C14H16F2N2O/c1-18(2)13(14(8-17)4-5-14)9-6-11(16)12(19-3)7-10(9)15/h6-7,13H,4-5H2,1-3H3. The molecular formula is C14H16F2N2O. The minimum absolute atomic E-state index is 0.124. The number of halogens is 2. The predicted octanol–water partition coefficient (Wildman–Crippen LogP) is 2.88. The average Bonchev–Trinajstić information content (AvgIpc) is 3.14. The van der Waals surface area contributed by atoms with Gasteiger partial charge in [-0.05, 0) is 33.0 Å². The first kappa shape index (κ1) is 13.8. The minimum atomic E-state index is -0.612. The highest BCUT2D eigenvalue weighted by Crippen LogP contribution is 2.56. The SMILES string of the molecule is COc1cc(F)c(C(N(C)C)C2(C#N)CC2)cc1F. The topological polar surface area (TPSA) is 36.3 Å². The fraction of sp³-hybridized carbons (Fsp3) is 0.500. The summed E-state index contributed by atoms with van der Waals surface area (Å²) in [5.74, 6) is -1.28. The molecule has 1 fully saturated rings. The van der Waals surface area contributed by atoms with Crippen molar-refractivity contribution < 1.29 is 13.5 Å². The van der Waals surface area contributed by atoms with Crippen LogP contribution in [-0.2, 0) is 0 Å². The van der Waals surface area contributed by atoms with Crippen LogP contribution in [0.1, 0.15) is 24.4 Å². The van der Waals surface area contributed by atoms with Gasteiger partial charge in [-0.2, -0.15) is 5.26 Å². The summed E-state index contributed by atoms with van der Waals surface area (Å²) in [6, 6.07) is 3.97. The molecule has 1 atom stereocenters. The van der Waals surface area contributed by atoms with Crippen molar-refractivity contribution in [3.05, 3.63) is 29.3 Å². The highest BCUT2D eigenvalue weighted by atomic mass is 19.1. The lowest BCUT2D eigenvalue weighted by Crippen LogP contribution is -2.29. The molecule has 0 N–H and O–H groups in total. The lowest BCUT2D eigenvalue weighted by atomic mass is 9.89. The Labute approximate surface area is 111 Å². The van der Waals surface area contributed by atoms with Crippen molar-refractivity contribution in [2.45, 2.75) is 18.9 Å². The van der Waals surface area contributed by atoms with E-state index < -0.39 is 23.1 Å². The zero-order valence-corrected chi connectivity index (χ0v) is 11.2. The number of nitriles is 1. The van der Waals surface area contributed by atoms with Crippen LogP contribution in [0.4, 0.5) is 8.78 Å². The van der Waals surface area contributed by atoms with E-state index in [1.165, 1.54) is 7.11 Å². The van der Waals surface area contributed by atoms with Gasteiger partial charge in [-0.1, -0.05) is 0 Å². The zero-order chi connectivity index (χ0) is 14.2. The molecular weight excluding hydrogens is 250 g/mol. The first-order chi connectivity index (χ1) is 8.95. The van der Waals surface area contributed by atoms with Gasteiger partial charge >= 0.3 is 0 Å². The molecule has 0 aromatic heterocycles. The molecule has 0 bridgehead atoms. The molecule has 1 aliphatic rings. The quantitative estimate of drug-likeness (QED) is 0.840. The first-order valence-corrected chi connectivity index (χ1v) is 6.06. The van der Waals surface area contributed by atoms with Gasteiger partial charge in [-0.25, -0.2) is 8.78 Å². The third-order valence-corrected chi connectivity index (χ3v) is 3.62. The van der Waals surface area contributed by atoms with Crippen LogP contribution in [0, 0.1) is 28.4 Å². The maximum Gasteiger partial charge on any atom is 0.165 e. The molecule has 1 saturated carbocycles. The summed E-state index contributed by atoms with van der Waals surface area (Å²) in [5.41, 5.74) is -0.395. The number of ether oxygens (including phenoxy) is 1. The Morgan fingerprint density at radius 1 is 1.32 bits per heavy atom. The van der Waals surface area contributed by atoms with E-state index in [1.807, 2.05) is 0 Å². The fourth-order valence-electron chi connectivity index (χ4n) is 2.56. The van der Waals surface area contributed by atoms with Crippen molar-refractivity contribution in [2.24, 2.45) is 5.41 Å². The second-order valence-corrected chi connectivity index (χ2v) is 5.14. The number of hydrogen-bond donors (Lipinski definition) is 0. The highest BCUT2D eigenvalue weighted by Gasteiger charge is 2.52. The molecule has 0 radical (unpaired) electrons. The molecule has 0 aliphatic heterocycles. The van der Waals surface area contributed by atoms with Crippen LogP contribution in [0.2, 0.25) is 0 Å². The van der Waals surface area contributed by atoms with Gasteiger partial charge in [0.2, 0.25) is 0 Å². The molecule has 0 amide bonds. The summed E-state index contributed by atoms with van der Waals surface area (Å²) in [6.45, 7) is 0. The number of benzene rings is 1. The van der Waals surface area contributed by atoms with Crippen molar-refractivity contribution in [1.82, 2.24) is 4.90 Å². The third-order valence-electron chi connectivity index (χ3n) is 3.62. The number of methoxy groups -OCH3 is 1. The molecule has 1 aromatic rings. The normalized spacial score (nSPS) is 17.9. The molecule has 2 rings (SSSR count). The highest BCUT2D eigenvalue weighted by molar-refractivity contribution is 5.36. The molecule has 1 aliphatic carbocycles.